The number of para-hydroxylation sites is 1. The van der Waals surface area contributed by atoms with Crippen LogP contribution in [0.15, 0.2) is 24.3 Å². The molecule has 0 saturated carbocycles. The molecular formula is C23H30N2O3. The van der Waals surface area contributed by atoms with Gasteiger partial charge in [0.1, 0.15) is 0 Å². The van der Waals surface area contributed by atoms with E-state index in [-0.39, 0.29) is 17.9 Å². The van der Waals surface area contributed by atoms with Crippen LogP contribution in [-0.2, 0) is 22.4 Å². The van der Waals surface area contributed by atoms with Gasteiger partial charge in [0.15, 0.2) is 6.61 Å². The summed E-state index contributed by atoms with van der Waals surface area (Å²) < 4.78 is 5.41. The molecule has 5 heteroatoms. The van der Waals surface area contributed by atoms with E-state index in [1.165, 1.54) is 4.90 Å². The molecule has 150 valence electrons. The summed E-state index contributed by atoms with van der Waals surface area (Å²) in [7, 11) is 3.30. The van der Waals surface area contributed by atoms with Crippen LogP contribution in [0.25, 0.3) is 10.9 Å². The maximum absolute atomic E-state index is 13.1. The Kier molecular flexibility index (Phi) is 5.73. The normalized spacial score (nSPS) is 16.5. The van der Waals surface area contributed by atoms with Gasteiger partial charge in [-0.05, 0) is 42.2 Å². The Balaban J connectivity index is 2.03. The Morgan fingerprint density at radius 2 is 1.96 bits per heavy atom. The quantitative estimate of drug-likeness (QED) is 0.733. The number of hydrogen-bond donors (Lipinski definition) is 0. The van der Waals surface area contributed by atoms with Crippen molar-refractivity contribution in [2.45, 2.75) is 46.5 Å². The lowest BCUT2D eigenvalue weighted by atomic mass is 9.68. The third-order valence-corrected chi connectivity index (χ3v) is 6.31. The highest BCUT2D eigenvalue weighted by atomic mass is 16.5. The molecule has 1 aliphatic rings. The Labute approximate surface area is 167 Å². The first-order valence-corrected chi connectivity index (χ1v) is 10.0. The molecule has 1 aromatic heterocycles. The number of hydrogen-bond acceptors (Lipinski definition) is 4. The highest BCUT2D eigenvalue weighted by Crippen LogP contribution is 2.41. The van der Waals surface area contributed by atoms with Crippen molar-refractivity contribution < 1.29 is 14.3 Å². The van der Waals surface area contributed by atoms with Crippen LogP contribution in [0.3, 0.4) is 0 Å². The molecule has 2 aromatic rings. The lowest BCUT2D eigenvalue weighted by Crippen LogP contribution is -2.31. The number of rotatable bonds is 5. The highest BCUT2D eigenvalue weighted by molar-refractivity contribution is 6.05. The molecule has 0 spiro atoms. The molecule has 1 unspecified atom stereocenters. The predicted molar refractivity (Wildman–Crippen MR) is 110 cm³/mol. The van der Waals surface area contributed by atoms with E-state index in [1.54, 1.807) is 14.1 Å². The van der Waals surface area contributed by atoms with Gasteiger partial charge >= 0.3 is 5.97 Å². The van der Waals surface area contributed by atoms with E-state index >= 15 is 0 Å². The molecule has 1 amide bonds. The minimum atomic E-state index is -0.431. The van der Waals surface area contributed by atoms with E-state index in [4.69, 9.17) is 9.72 Å². The number of aromatic nitrogens is 1. The maximum Gasteiger partial charge on any atom is 0.339 e. The van der Waals surface area contributed by atoms with Crippen LogP contribution in [-0.4, -0.2) is 42.5 Å². The number of amides is 1. The molecule has 0 saturated heterocycles. The van der Waals surface area contributed by atoms with E-state index < -0.39 is 5.97 Å². The van der Waals surface area contributed by atoms with Crippen LogP contribution < -0.4 is 0 Å². The zero-order chi connectivity index (χ0) is 20.5. The Morgan fingerprint density at radius 1 is 1.25 bits per heavy atom. The molecule has 1 aromatic carbocycles. The van der Waals surface area contributed by atoms with Crippen LogP contribution in [0.2, 0.25) is 0 Å². The van der Waals surface area contributed by atoms with Gasteiger partial charge in [-0.15, -0.1) is 0 Å². The second-order valence-electron chi connectivity index (χ2n) is 8.58. The monoisotopic (exact) mass is 382 g/mol. The number of aryl methyl sites for hydroxylation is 1. The van der Waals surface area contributed by atoms with Crippen LogP contribution in [0.4, 0.5) is 0 Å². The number of pyridine rings is 1. The lowest BCUT2D eigenvalue weighted by Gasteiger charge is -2.37. The summed E-state index contributed by atoms with van der Waals surface area (Å²) in [6.07, 6.45) is 3.85. The number of carbonyl (C=O) groups excluding carboxylic acids is 2. The van der Waals surface area contributed by atoms with Crippen molar-refractivity contribution in [3.8, 4) is 0 Å². The van der Waals surface area contributed by atoms with Crippen molar-refractivity contribution in [3.05, 3.63) is 41.1 Å². The summed E-state index contributed by atoms with van der Waals surface area (Å²) in [5.74, 6) is -0.173. The summed E-state index contributed by atoms with van der Waals surface area (Å²) in [5, 5.41) is 0.804. The number of ether oxygens (including phenoxy) is 1. The van der Waals surface area contributed by atoms with Crippen LogP contribution in [0.1, 0.15) is 55.2 Å². The maximum atomic E-state index is 13.1. The van der Waals surface area contributed by atoms with E-state index in [0.717, 1.165) is 47.8 Å². The Morgan fingerprint density at radius 3 is 2.64 bits per heavy atom. The molecule has 3 rings (SSSR count). The zero-order valence-electron chi connectivity index (χ0n) is 17.5. The minimum absolute atomic E-state index is 0.200. The van der Waals surface area contributed by atoms with Gasteiger partial charge in [-0.3, -0.25) is 9.78 Å². The molecule has 0 bridgehead atoms. The number of esters is 1. The molecule has 1 atom stereocenters. The lowest BCUT2D eigenvalue weighted by molar-refractivity contribution is -0.131. The topological polar surface area (TPSA) is 59.5 Å². The van der Waals surface area contributed by atoms with Crippen molar-refractivity contribution in [2.75, 3.05) is 20.7 Å². The van der Waals surface area contributed by atoms with E-state index in [2.05, 4.69) is 20.8 Å². The molecule has 0 aliphatic heterocycles. The van der Waals surface area contributed by atoms with Crippen molar-refractivity contribution in [1.82, 2.24) is 9.88 Å². The smallest absolute Gasteiger partial charge is 0.339 e. The second-order valence-corrected chi connectivity index (χ2v) is 8.58. The molecule has 1 aliphatic carbocycles. The summed E-state index contributed by atoms with van der Waals surface area (Å²) in [6.45, 7) is 6.56. The van der Waals surface area contributed by atoms with Gasteiger partial charge in [0, 0.05) is 25.2 Å². The Hall–Kier alpha value is -2.43. The molecule has 5 nitrogen and oxygen atoms in total. The average molecular weight is 383 g/mol. The van der Waals surface area contributed by atoms with Gasteiger partial charge in [0.25, 0.3) is 5.91 Å². The number of nitrogens with zero attached hydrogens (tertiary/aromatic N) is 2. The fourth-order valence-electron chi connectivity index (χ4n) is 3.91. The minimum Gasteiger partial charge on any atom is -0.452 e. The zero-order valence-corrected chi connectivity index (χ0v) is 17.5. The third kappa shape index (κ3) is 3.89. The van der Waals surface area contributed by atoms with E-state index in [9.17, 15) is 9.59 Å². The number of benzene rings is 1. The number of likely N-dealkylation sites (N-methyl/N-ethyl adjacent to an activating group) is 1. The standard InChI is InChI=1S/C23H30N2O3/c1-6-23(2,3)15-11-12-19-17(13-15)21(16-9-7-8-10-18(16)24-19)22(27)28-14-20(26)25(4)5/h7-10,15H,6,11-14H2,1-5H3. The first kappa shape index (κ1) is 20.3. The SMILES string of the molecule is CCC(C)(C)C1CCc2nc3ccccc3c(C(=O)OCC(=O)N(C)C)c2C1. The van der Waals surface area contributed by atoms with Crippen molar-refractivity contribution in [3.63, 3.8) is 0 Å². The summed E-state index contributed by atoms with van der Waals surface area (Å²) in [4.78, 5) is 31.2. The Bertz CT molecular complexity index is 902. The van der Waals surface area contributed by atoms with Crippen LogP contribution in [0, 0.1) is 11.3 Å². The number of fused-ring (bicyclic) bond motifs is 2. The van der Waals surface area contributed by atoms with Gasteiger partial charge in [0.05, 0.1) is 11.1 Å². The van der Waals surface area contributed by atoms with E-state index in [0.29, 0.717) is 11.5 Å². The van der Waals surface area contributed by atoms with Crippen LogP contribution >= 0.6 is 0 Å². The largest absolute Gasteiger partial charge is 0.452 e. The van der Waals surface area contributed by atoms with Gasteiger partial charge in [0.2, 0.25) is 0 Å². The molecular weight excluding hydrogens is 352 g/mol. The molecule has 0 fully saturated rings. The van der Waals surface area contributed by atoms with Gasteiger partial charge in [-0.1, -0.05) is 45.4 Å². The fraction of sp³-hybridized carbons (Fsp3) is 0.522. The first-order chi connectivity index (χ1) is 13.2. The number of carbonyl (C=O) groups is 2. The fourth-order valence-corrected chi connectivity index (χ4v) is 3.91. The molecule has 0 radical (unpaired) electrons. The first-order valence-electron chi connectivity index (χ1n) is 10.0. The van der Waals surface area contributed by atoms with Crippen molar-refractivity contribution in [1.29, 1.82) is 0 Å². The van der Waals surface area contributed by atoms with Crippen molar-refractivity contribution in [2.24, 2.45) is 11.3 Å². The highest BCUT2D eigenvalue weighted by Gasteiger charge is 2.34. The summed E-state index contributed by atoms with van der Waals surface area (Å²) in [6, 6.07) is 7.69. The van der Waals surface area contributed by atoms with Gasteiger partial charge < -0.3 is 9.64 Å². The van der Waals surface area contributed by atoms with Gasteiger partial charge in [-0.2, -0.15) is 0 Å². The molecule has 0 N–H and O–H groups in total. The van der Waals surface area contributed by atoms with E-state index in [1.807, 2.05) is 24.3 Å². The van der Waals surface area contributed by atoms with Crippen LogP contribution in [0.5, 0.6) is 0 Å². The second kappa shape index (κ2) is 7.90. The third-order valence-electron chi connectivity index (χ3n) is 6.31. The predicted octanol–water partition coefficient (Wildman–Crippen LogP) is 4.02. The van der Waals surface area contributed by atoms with Gasteiger partial charge in [-0.25, -0.2) is 4.79 Å². The average Bonchev–Trinajstić information content (AvgIpc) is 2.69. The summed E-state index contributed by atoms with van der Waals surface area (Å²) >= 11 is 0. The molecule has 1 heterocycles. The van der Waals surface area contributed by atoms with Crippen molar-refractivity contribution >= 4 is 22.8 Å². The molecule has 28 heavy (non-hydrogen) atoms. The summed E-state index contributed by atoms with van der Waals surface area (Å²) in [5.41, 5.74) is 3.58.